The molecule has 0 aromatic carbocycles. The van der Waals surface area contributed by atoms with Crippen molar-refractivity contribution in [2.75, 3.05) is 6.61 Å². The van der Waals surface area contributed by atoms with Crippen LogP contribution in [0.5, 0.6) is 0 Å². The Balaban J connectivity index is 2.36. The van der Waals surface area contributed by atoms with Crippen molar-refractivity contribution in [2.24, 2.45) is 7.05 Å². The monoisotopic (exact) mass is 182 g/mol. The van der Waals surface area contributed by atoms with Crippen LogP contribution < -0.4 is 0 Å². The van der Waals surface area contributed by atoms with Crippen molar-refractivity contribution in [3.05, 3.63) is 18.0 Å². The molecule has 1 N–H and O–H groups in total. The Morgan fingerprint density at radius 1 is 1.69 bits per heavy atom. The number of ketones is 1. The number of nitrogens with zero attached hydrogens (tertiary/aromatic N) is 2. The average Bonchev–Trinajstić information content (AvgIpc) is 2.48. The van der Waals surface area contributed by atoms with Crippen LogP contribution in [-0.2, 0) is 18.3 Å². The number of rotatable bonds is 5. The molecule has 1 heterocycles. The molecule has 1 aromatic rings. The molecule has 0 unspecified atom stereocenters. The highest BCUT2D eigenvalue weighted by Crippen LogP contribution is 2.01. The molecule has 0 aliphatic heterocycles. The van der Waals surface area contributed by atoms with Gasteiger partial charge in [0, 0.05) is 32.7 Å². The van der Waals surface area contributed by atoms with Crippen molar-refractivity contribution in [1.82, 2.24) is 9.78 Å². The van der Waals surface area contributed by atoms with Crippen LogP contribution >= 0.6 is 0 Å². The van der Waals surface area contributed by atoms with Crippen LogP contribution in [0.15, 0.2) is 12.4 Å². The quantitative estimate of drug-likeness (QED) is 0.712. The predicted octanol–water partition coefficient (Wildman–Crippen LogP) is 0.304. The zero-order valence-corrected chi connectivity index (χ0v) is 7.73. The second-order valence-corrected chi connectivity index (χ2v) is 3.06. The highest BCUT2D eigenvalue weighted by atomic mass is 16.3. The van der Waals surface area contributed by atoms with E-state index in [0.29, 0.717) is 19.3 Å². The molecular weight excluding hydrogens is 168 g/mol. The molecule has 0 spiro atoms. The number of aromatic nitrogens is 2. The minimum Gasteiger partial charge on any atom is -0.396 e. The van der Waals surface area contributed by atoms with Crippen LogP contribution in [0.2, 0.25) is 0 Å². The smallest absolute Gasteiger partial charge is 0.137 e. The summed E-state index contributed by atoms with van der Waals surface area (Å²) >= 11 is 0. The number of Topliss-reactive ketones (excluding diaryl/α,β-unsaturated/α-hetero) is 1. The zero-order chi connectivity index (χ0) is 9.68. The van der Waals surface area contributed by atoms with Crippen molar-refractivity contribution < 1.29 is 9.90 Å². The van der Waals surface area contributed by atoms with Gasteiger partial charge in [-0.05, 0) is 12.0 Å². The van der Waals surface area contributed by atoms with E-state index in [-0.39, 0.29) is 12.4 Å². The molecule has 0 fully saturated rings. The Kier molecular flexibility index (Phi) is 3.64. The summed E-state index contributed by atoms with van der Waals surface area (Å²) in [7, 11) is 1.82. The van der Waals surface area contributed by atoms with E-state index in [0.717, 1.165) is 5.56 Å². The van der Waals surface area contributed by atoms with E-state index in [1.807, 2.05) is 13.2 Å². The SMILES string of the molecule is Cn1cc(CC(=O)CCCO)cn1. The maximum Gasteiger partial charge on any atom is 0.137 e. The number of carbonyl (C=O) groups is 1. The van der Waals surface area contributed by atoms with Crippen molar-refractivity contribution in [3.8, 4) is 0 Å². The number of hydrogen-bond acceptors (Lipinski definition) is 3. The minimum absolute atomic E-state index is 0.0821. The van der Waals surface area contributed by atoms with Crippen molar-refractivity contribution in [3.63, 3.8) is 0 Å². The number of carbonyl (C=O) groups excluding carboxylic acids is 1. The molecule has 1 aromatic heterocycles. The molecule has 0 radical (unpaired) electrons. The summed E-state index contributed by atoms with van der Waals surface area (Å²) in [6.07, 6.45) is 4.95. The van der Waals surface area contributed by atoms with Gasteiger partial charge in [0.1, 0.15) is 5.78 Å². The van der Waals surface area contributed by atoms with Crippen LogP contribution in [0.1, 0.15) is 18.4 Å². The molecule has 0 aliphatic carbocycles. The van der Waals surface area contributed by atoms with E-state index in [2.05, 4.69) is 5.10 Å². The van der Waals surface area contributed by atoms with Gasteiger partial charge in [-0.25, -0.2) is 0 Å². The largest absolute Gasteiger partial charge is 0.396 e. The normalized spacial score (nSPS) is 10.3. The van der Waals surface area contributed by atoms with E-state index in [9.17, 15) is 4.79 Å². The van der Waals surface area contributed by atoms with Gasteiger partial charge in [0.2, 0.25) is 0 Å². The first-order valence-corrected chi connectivity index (χ1v) is 4.32. The van der Waals surface area contributed by atoms with Crippen LogP contribution in [-0.4, -0.2) is 27.3 Å². The maximum atomic E-state index is 11.2. The maximum absolute atomic E-state index is 11.2. The summed E-state index contributed by atoms with van der Waals surface area (Å²) in [5.74, 6) is 0.155. The van der Waals surface area contributed by atoms with Crippen LogP contribution in [0.25, 0.3) is 0 Å². The minimum atomic E-state index is 0.0821. The number of aliphatic hydroxyl groups is 1. The molecule has 4 nitrogen and oxygen atoms in total. The molecule has 0 amide bonds. The first kappa shape index (κ1) is 9.92. The molecule has 1 rings (SSSR count). The summed E-state index contributed by atoms with van der Waals surface area (Å²) in [6.45, 7) is 0.0821. The standard InChI is InChI=1S/C9H14N2O2/c1-11-7-8(6-10-11)5-9(13)3-2-4-12/h6-7,12H,2-5H2,1H3. The summed E-state index contributed by atoms with van der Waals surface area (Å²) in [5, 5.41) is 12.5. The first-order valence-electron chi connectivity index (χ1n) is 4.32. The third kappa shape index (κ3) is 3.38. The molecule has 0 saturated heterocycles. The predicted molar refractivity (Wildman–Crippen MR) is 48.2 cm³/mol. The first-order chi connectivity index (χ1) is 6.22. The van der Waals surface area contributed by atoms with Crippen LogP contribution in [0.3, 0.4) is 0 Å². The Labute approximate surface area is 77.2 Å². The lowest BCUT2D eigenvalue weighted by Gasteiger charge is -1.95. The van der Waals surface area contributed by atoms with Gasteiger partial charge in [-0.3, -0.25) is 9.48 Å². The van der Waals surface area contributed by atoms with Crippen LogP contribution in [0.4, 0.5) is 0 Å². The van der Waals surface area contributed by atoms with Gasteiger partial charge in [0.15, 0.2) is 0 Å². The topological polar surface area (TPSA) is 55.1 Å². The third-order valence-corrected chi connectivity index (χ3v) is 1.77. The molecule has 0 atom stereocenters. The van der Waals surface area contributed by atoms with Gasteiger partial charge in [-0.2, -0.15) is 5.10 Å². The molecule has 13 heavy (non-hydrogen) atoms. The molecule has 0 bridgehead atoms. The Morgan fingerprint density at radius 3 is 3.00 bits per heavy atom. The fourth-order valence-corrected chi connectivity index (χ4v) is 1.16. The second kappa shape index (κ2) is 4.77. The van der Waals surface area contributed by atoms with Crippen molar-refractivity contribution >= 4 is 5.78 Å². The van der Waals surface area contributed by atoms with Crippen molar-refractivity contribution in [2.45, 2.75) is 19.3 Å². The van der Waals surface area contributed by atoms with Gasteiger partial charge in [-0.1, -0.05) is 0 Å². The summed E-state index contributed by atoms with van der Waals surface area (Å²) in [6, 6.07) is 0. The van der Waals surface area contributed by atoms with Gasteiger partial charge in [0.25, 0.3) is 0 Å². The summed E-state index contributed by atoms with van der Waals surface area (Å²) < 4.78 is 1.68. The second-order valence-electron chi connectivity index (χ2n) is 3.06. The van der Waals surface area contributed by atoms with Crippen molar-refractivity contribution in [1.29, 1.82) is 0 Å². The van der Waals surface area contributed by atoms with Crippen LogP contribution in [0, 0.1) is 0 Å². The van der Waals surface area contributed by atoms with E-state index in [1.165, 1.54) is 0 Å². The fourth-order valence-electron chi connectivity index (χ4n) is 1.16. The van der Waals surface area contributed by atoms with Gasteiger partial charge >= 0.3 is 0 Å². The van der Waals surface area contributed by atoms with E-state index in [1.54, 1.807) is 10.9 Å². The molecule has 4 heteroatoms. The highest BCUT2D eigenvalue weighted by molar-refractivity contribution is 5.80. The third-order valence-electron chi connectivity index (χ3n) is 1.77. The fraction of sp³-hybridized carbons (Fsp3) is 0.556. The summed E-state index contributed by atoms with van der Waals surface area (Å²) in [4.78, 5) is 11.2. The number of aryl methyl sites for hydroxylation is 1. The zero-order valence-electron chi connectivity index (χ0n) is 7.73. The Bertz CT molecular complexity index is 281. The van der Waals surface area contributed by atoms with Gasteiger partial charge in [0.05, 0.1) is 6.20 Å². The Morgan fingerprint density at radius 2 is 2.46 bits per heavy atom. The van der Waals surface area contributed by atoms with E-state index >= 15 is 0 Å². The Hall–Kier alpha value is -1.16. The van der Waals surface area contributed by atoms with E-state index < -0.39 is 0 Å². The molecule has 0 saturated carbocycles. The van der Waals surface area contributed by atoms with Gasteiger partial charge in [-0.15, -0.1) is 0 Å². The lowest BCUT2D eigenvalue weighted by molar-refractivity contribution is -0.118. The lowest BCUT2D eigenvalue weighted by atomic mass is 10.1. The van der Waals surface area contributed by atoms with Gasteiger partial charge < -0.3 is 5.11 Å². The number of hydrogen-bond donors (Lipinski definition) is 1. The molecular formula is C9H14N2O2. The lowest BCUT2D eigenvalue weighted by Crippen LogP contribution is -2.02. The molecule has 72 valence electrons. The number of aliphatic hydroxyl groups excluding tert-OH is 1. The van der Waals surface area contributed by atoms with E-state index in [4.69, 9.17) is 5.11 Å². The highest BCUT2D eigenvalue weighted by Gasteiger charge is 2.04. The molecule has 0 aliphatic rings. The average molecular weight is 182 g/mol. The summed E-state index contributed by atoms with van der Waals surface area (Å²) in [5.41, 5.74) is 0.936.